The summed E-state index contributed by atoms with van der Waals surface area (Å²) < 4.78 is 43.4. The second-order valence-electron chi connectivity index (χ2n) is 3.93. The number of para-hydroxylation sites is 1. The summed E-state index contributed by atoms with van der Waals surface area (Å²) in [6, 6.07) is 10.7. The maximum Gasteiger partial charge on any atom is 0.509 e. The van der Waals surface area contributed by atoms with Gasteiger partial charge in [0.15, 0.2) is 0 Å². The molecule has 17 heavy (non-hydrogen) atoms. The first kappa shape index (κ1) is 10.3. The van der Waals surface area contributed by atoms with E-state index < -0.39 is 12.4 Å². The number of rotatable bonds is 1. The maximum absolute atomic E-state index is 12.7. The van der Waals surface area contributed by atoms with Crippen molar-refractivity contribution in [1.82, 2.24) is 0 Å². The highest BCUT2D eigenvalue weighted by Crippen LogP contribution is 2.28. The van der Waals surface area contributed by atoms with Crippen LogP contribution in [0.1, 0.15) is 0 Å². The second kappa shape index (κ2) is 3.29. The van der Waals surface area contributed by atoms with Gasteiger partial charge in [-0.05, 0) is 12.1 Å². The Labute approximate surface area is 94.9 Å². The third-order valence-electron chi connectivity index (χ3n) is 2.78. The normalized spacial score (nSPS) is 12.4. The molecule has 0 aliphatic heterocycles. The van der Waals surface area contributed by atoms with E-state index in [9.17, 15) is 12.9 Å². The minimum atomic E-state index is -4.97. The molecule has 0 fully saturated rings. The zero-order chi connectivity index (χ0) is 12.0. The van der Waals surface area contributed by atoms with Crippen molar-refractivity contribution in [3.63, 3.8) is 0 Å². The zero-order valence-electron chi connectivity index (χ0n) is 8.66. The molecule has 0 aliphatic rings. The van der Waals surface area contributed by atoms with Crippen molar-refractivity contribution < 1.29 is 17.4 Å². The smallest absolute Gasteiger partial charge is 0.456 e. The molecule has 0 saturated carbocycles. The Morgan fingerprint density at radius 1 is 0.824 bits per heavy atom. The van der Waals surface area contributed by atoms with Gasteiger partial charge in [0, 0.05) is 10.8 Å². The first-order valence-corrected chi connectivity index (χ1v) is 5.17. The van der Waals surface area contributed by atoms with E-state index in [1.165, 1.54) is 6.07 Å². The maximum atomic E-state index is 12.7. The lowest BCUT2D eigenvalue weighted by molar-refractivity contribution is 0.501. The molecular formula is C12H7BF3O-. The molecule has 5 heteroatoms. The number of hydrogen-bond donors (Lipinski definition) is 0. The minimum Gasteiger partial charge on any atom is -0.456 e. The van der Waals surface area contributed by atoms with Crippen LogP contribution in [0, 0.1) is 0 Å². The Kier molecular flexibility index (Phi) is 1.99. The van der Waals surface area contributed by atoms with Crippen LogP contribution in [0.3, 0.4) is 0 Å². The van der Waals surface area contributed by atoms with Crippen molar-refractivity contribution in [3.05, 3.63) is 42.5 Å². The predicted molar refractivity (Wildman–Crippen MR) is 62.4 cm³/mol. The van der Waals surface area contributed by atoms with Crippen LogP contribution in [-0.4, -0.2) is 6.98 Å². The average Bonchev–Trinajstić information content (AvgIpc) is 2.65. The van der Waals surface area contributed by atoms with E-state index in [-0.39, 0.29) is 0 Å². The molecule has 0 spiro atoms. The van der Waals surface area contributed by atoms with Crippen LogP contribution in [0.2, 0.25) is 0 Å². The van der Waals surface area contributed by atoms with Crippen molar-refractivity contribution in [2.75, 3.05) is 0 Å². The molecule has 0 radical (unpaired) electrons. The highest BCUT2D eigenvalue weighted by atomic mass is 19.4. The number of benzene rings is 2. The summed E-state index contributed by atoms with van der Waals surface area (Å²) in [5, 5.41) is 1.22. The monoisotopic (exact) mass is 235 g/mol. The Hall–Kier alpha value is -1.91. The van der Waals surface area contributed by atoms with E-state index in [4.69, 9.17) is 4.42 Å². The van der Waals surface area contributed by atoms with E-state index in [1.807, 2.05) is 0 Å². The summed E-state index contributed by atoms with van der Waals surface area (Å²) in [5.74, 6) is 0. The fourth-order valence-corrected chi connectivity index (χ4v) is 1.95. The van der Waals surface area contributed by atoms with Crippen LogP contribution in [0.15, 0.2) is 46.9 Å². The molecule has 3 aromatic rings. The molecule has 0 bridgehead atoms. The summed E-state index contributed by atoms with van der Waals surface area (Å²) in [6.07, 6.45) is 0. The molecular weight excluding hydrogens is 228 g/mol. The van der Waals surface area contributed by atoms with Crippen molar-refractivity contribution in [2.24, 2.45) is 0 Å². The zero-order valence-corrected chi connectivity index (χ0v) is 8.66. The van der Waals surface area contributed by atoms with Gasteiger partial charge >= 0.3 is 6.98 Å². The Morgan fingerprint density at radius 3 is 2.29 bits per heavy atom. The van der Waals surface area contributed by atoms with Crippen molar-refractivity contribution in [2.45, 2.75) is 0 Å². The van der Waals surface area contributed by atoms with Gasteiger partial charge in [-0.3, -0.25) is 0 Å². The van der Waals surface area contributed by atoms with E-state index >= 15 is 0 Å². The molecule has 1 heterocycles. The third kappa shape index (κ3) is 1.58. The van der Waals surface area contributed by atoms with Crippen LogP contribution in [-0.2, 0) is 0 Å². The number of furan rings is 1. The Bertz CT molecular complexity index is 700. The van der Waals surface area contributed by atoms with Gasteiger partial charge in [0.05, 0.1) is 0 Å². The summed E-state index contributed by atoms with van der Waals surface area (Å²) in [6.45, 7) is -4.97. The quantitative estimate of drug-likeness (QED) is 0.587. The van der Waals surface area contributed by atoms with Gasteiger partial charge in [0.2, 0.25) is 0 Å². The molecule has 0 N–H and O–H groups in total. The van der Waals surface area contributed by atoms with Gasteiger partial charge in [-0.25, -0.2) is 0 Å². The molecule has 0 aliphatic carbocycles. The van der Waals surface area contributed by atoms with Gasteiger partial charge in [0.1, 0.15) is 11.2 Å². The summed E-state index contributed by atoms with van der Waals surface area (Å²) in [7, 11) is 0. The molecule has 0 amide bonds. The topological polar surface area (TPSA) is 13.1 Å². The summed E-state index contributed by atoms with van der Waals surface area (Å²) in [4.78, 5) is 0. The van der Waals surface area contributed by atoms with Crippen LogP contribution >= 0.6 is 0 Å². The number of halogens is 3. The van der Waals surface area contributed by atoms with Crippen LogP contribution < -0.4 is 5.46 Å². The second-order valence-corrected chi connectivity index (χ2v) is 3.93. The Morgan fingerprint density at radius 2 is 1.53 bits per heavy atom. The van der Waals surface area contributed by atoms with E-state index in [2.05, 4.69) is 0 Å². The number of hydrogen-bond acceptors (Lipinski definition) is 1. The van der Waals surface area contributed by atoms with E-state index in [0.29, 0.717) is 21.9 Å². The molecule has 1 aromatic heterocycles. The summed E-state index contributed by atoms with van der Waals surface area (Å²) in [5.41, 5.74) is 0.494. The minimum absolute atomic E-state index is 0.481. The lowest BCUT2D eigenvalue weighted by Gasteiger charge is -2.14. The van der Waals surface area contributed by atoms with Crippen molar-refractivity contribution in [1.29, 1.82) is 0 Å². The molecule has 86 valence electrons. The molecule has 0 unspecified atom stereocenters. The van der Waals surface area contributed by atoms with Crippen LogP contribution in [0.4, 0.5) is 12.9 Å². The first-order valence-electron chi connectivity index (χ1n) is 5.17. The standard InChI is InChI=1S/C12H7BF3O/c14-13(15,16)8-5-6-12-10(7-8)9-3-1-2-4-11(9)17-12/h1-7H/q-1. The van der Waals surface area contributed by atoms with Gasteiger partial charge in [-0.1, -0.05) is 30.3 Å². The lowest BCUT2D eigenvalue weighted by atomic mass is 9.79. The van der Waals surface area contributed by atoms with Crippen molar-refractivity contribution >= 4 is 34.4 Å². The first-order chi connectivity index (χ1) is 8.05. The van der Waals surface area contributed by atoms with Crippen LogP contribution in [0.5, 0.6) is 0 Å². The highest BCUT2D eigenvalue weighted by molar-refractivity contribution is 6.73. The molecule has 1 nitrogen and oxygen atoms in total. The van der Waals surface area contributed by atoms with Crippen LogP contribution in [0.25, 0.3) is 21.9 Å². The lowest BCUT2D eigenvalue weighted by Crippen LogP contribution is -2.33. The number of fused-ring (bicyclic) bond motifs is 3. The molecule has 0 saturated heterocycles. The van der Waals surface area contributed by atoms with Gasteiger partial charge < -0.3 is 17.4 Å². The van der Waals surface area contributed by atoms with E-state index in [1.54, 1.807) is 24.3 Å². The van der Waals surface area contributed by atoms with E-state index in [0.717, 1.165) is 12.1 Å². The molecule has 2 aromatic carbocycles. The molecule has 0 atom stereocenters. The third-order valence-corrected chi connectivity index (χ3v) is 2.78. The summed E-state index contributed by atoms with van der Waals surface area (Å²) >= 11 is 0. The fourth-order valence-electron chi connectivity index (χ4n) is 1.95. The fraction of sp³-hybridized carbons (Fsp3) is 0. The predicted octanol–water partition coefficient (Wildman–Crippen LogP) is 3.64. The molecule has 3 rings (SSSR count). The van der Waals surface area contributed by atoms with Gasteiger partial charge in [-0.2, -0.15) is 0 Å². The van der Waals surface area contributed by atoms with Crippen molar-refractivity contribution in [3.8, 4) is 0 Å². The van der Waals surface area contributed by atoms with Gasteiger partial charge in [-0.15, -0.1) is 5.46 Å². The SMILES string of the molecule is F[B-](F)(F)c1ccc2oc3ccccc3c2c1. The largest absolute Gasteiger partial charge is 0.509 e. The Balaban J connectivity index is 2.38. The van der Waals surface area contributed by atoms with Gasteiger partial charge in [0.25, 0.3) is 0 Å². The highest BCUT2D eigenvalue weighted by Gasteiger charge is 2.26. The average molecular weight is 235 g/mol.